The molecule has 0 heterocycles. The fourth-order valence-electron chi connectivity index (χ4n) is 0.359. The summed E-state index contributed by atoms with van der Waals surface area (Å²) in [5.41, 5.74) is 0. The van der Waals surface area contributed by atoms with Gasteiger partial charge in [0.25, 0.3) is 0 Å². The molecule has 0 saturated carbocycles. The standard InChI is InChI=1S/C7H10O3.K/c1-3-6(8)5-7(9)10-4-2;/h3,5,8H,1,4H2,2H3;/q;+1/p-1/b6-5-;. The zero-order valence-electron chi connectivity index (χ0n) is 6.79. The fraction of sp³-hybridized carbons (Fsp3) is 0.286. The van der Waals surface area contributed by atoms with Crippen LogP contribution < -0.4 is 56.5 Å². The predicted octanol–water partition coefficient (Wildman–Crippen LogP) is -3.02. The molecule has 0 aromatic rings. The van der Waals surface area contributed by atoms with Gasteiger partial charge in [0.05, 0.1) is 6.61 Å². The molecule has 0 aliphatic carbocycles. The minimum atomic E-state index is -0.618. The average molecular weight is 180 g/mol. The molecular formula is C7H9KO3. The first-order valence-corrected chi connectivity index (χ1v) is 2.88. The Bertz CT molecular complexity index is 163. The third-order valence-electron chi connectivity index (χ3n) is 0.748. The third kappa shape index (κ3) is 8.29. The van der Waals surface area contributed by atoms with Crippen LogP contribution in [0.25, 0.3) is 0 Å². The van der Waals surface area contributed by atoms with E-state index in [-0.39, 0.29) is 58.0 Å². The van der Waals surface area contributed by atoms with Crippen molar-refractivity contribution in [3.63, 3.8) is 0 Å². The van der Waals surface area contributed by atoms with Gasteiger partial charge < -0.3 is 9.84 Å². The Hall–Kier alpha value is 0.386. The molecule has 3 nitrogen and oxygen atoms in total. The van der Waals surface area contributed by atoms with Crippen LogP contribution in [0.15, 0.2) is 24.5 Å². The molecule has 0 aliphatic heterocycles. The van der Waals surface area contributed by atoms with Crippen molar-refractivity contribution in [1.82, 2.24) is 0 Å². The zero-order valence-corrected chi connectivity index (χ0v) is 9.92. The van der Waals surface area contributed by atoms with E-state index >= 15 is 0 Å². The van der Waals surface area contributed by atoms with Crippen LogP contribution in [-0.2, 0) is 9.53 Å². The second-order valence-corrected chi connectivity index (χ2v) is 1.50. The summed E-state index contributed by atoms with van der Waals surface area (Å²) >= 11 is 0. The number of allylic oxidation sites excluding steroid dienone is 1. The summed E-state index contributed by atoms with van der Waals surface area (Å²) in [4.78, 5) is 10.5. The second-order valence-electron chi connectivity index (χ2n) is 1.50. The van der Waals surface area contributed by atoms with Crippen molar-refractivity contribution in [2.75, 3.05) is 6.61 Å². The largest absolute Gasteiger partial charge is 1.00 e. The van der Waals surface area contributed by atoms with Crippen LogP contribution in [0.4, 0.5) is 0 Å². The molecule has 0 aliphatic rings. The van der Waals surface area contributed by atoms with E-state index in [4.69, 9.17) is 0 Å². The number of carbonyl (C=O) groups is 1. The monoisotopic (exact) mass is 180 g/mol. The Balaban J connectivity index is 0. The van der Waals surface area contributed by atoms with Crippen molar-refractivity contribution in [2.24, 2.45) is 0 Å². The third-order valence-corrected chi connectivity index (χ3v) is 0.748. The van der Waals surface area contributed by atoms with Crippen LogP contribution in [0.3, 0.4) is 0 Å². The molecule has 0 fully saturated rings. The van der Waals surface area contributed by atoms with E-state index in [2.05, 4.69) is 11.3 Å². The molecule has 0 saturated heterocycles. The number of hydrogen-bond acceptors (Lipinski definition) is 3. The maximum atomic E-state index is 10.5. The van der Waals surface area contributed by atoms with E-state index < -0.39 is 11.7 Å². The van der Waals surface area contributed by atoms with Gasteiger partial charge in [-0.15, -0.1) is 5.76 Å². The first kappa shape index (κ1) is 13.9. The molecule has 0 unspecified atom stereocenters. The van der Waals surface area contributed by atoms with Gasteiger partial charge >= 0.3 is 57.4 Å². The van der Waals surface area contributed by atoms with Crippen LogP contribution >= 0.6 is 0 Å². The first-order valence-electron chi connectivity index (χ1n) is 2.88. The number of ether oxygens (including phenoxy) is 1. The summed E-state index contributed by atoms with van der Waals surface area (Å²) in [6, 6.07) is 0. The Labute approximate surface area is 109 Å². The van der Waals surface area contributed by atoms with Crippen molar-refractivity contribution in [1.29, 1.82) is 0 Å². The Morgan fingerprint density at radius 2 is 2.27 bits per heavy atom. The summed E-state index contributed by atoms with van der Waals surface area (Å²) in [5.74, 6) is -1.05. The van der Waals surface area contributed by atoms with Crippen molar-refractivity contribution >= 4 is 5.97 Å². The Morgan fingerprint density at radius 3 is 2.64 bits per heavy atom. The molecular weight excluding hydrogens is 171 g/mol. The van der Waals surface area contributed by atoms with Gasteiger partial charge in [0.1, 0.15) is 0 Å². The summed E-state index contributed by atoms with van der Waals surface area (Å²) in [6.07, 6.45) is 1.91. The summed E-state index contributed by atoms with van der Waals surface area (Å²) < 4.78 is 4.45. The first-order chi connectivity index (χ1) is 4.70. The number of hydrogen-bond donors (Lipinski definition) is 0. The summed E-state index contributed by atoms with van der Waals surface area (Å²) in [6.45, 7) is 5.13. The van der Waals surface area contributed by atoms with Crippen LogP contribution in [0.1, 0.15) is 6.92 Å². The second kappa shape index (κ2) is 8.48. The van der Waals surface area contributed by atoms with Gasteiger partial charge in [-0.3, -0.25) is 0 Å². The molecule has 11 heavy (non-hydrogen) atoms. The van der Waals surface area contributed by atoms with E-state index in [1.54, 1.807) is 6.92 Å². The molecule has 0 radical (unpaired) electrons. The van der Waals surface area contributed by atoms with Crippen molar-refractivity contribution in [2.45, 2.75) is 6.92 Å². The van der Waals surface area contributed by atoms with E-state index in [1.165, 1.54) is 0 Å². The number of carbonyl (C=O) groups excluding carboxylic acids is 1. The van der Waals surface area contributed by atoms with Crippen LogP contribution in [0, 0.1) is 0 Å². The number of esters is 1. The van der Waals surface area contributed by atoms with Gasteiger partial charge in [-0.1, -0.05) is 12.7 Å². The maximum Gasteiger partial charge on any atom is 1.00 e. The SMILES string of the molecule is C=C/C([O-])=C/C(=O)OCC.[K+]. The van der Waals surface area contributed by atoms with Crippen LogP contribution in [0.5, 0.6) is 0 Å². The molecule has 0 rings (SSSR count). The van der Waals surface area contributed by atoms with Gasteiger partial charge in [-0.05, 0) is 6.92 Å². The Morgan fingerprint density at radius 1 is 1.73 bits per heavy atom. The van der Waals surface area contributed by atoms with Crippen LogP contribution in [-0.4, -0.2) is 12.6 Å². The van der Waals surface area contributed by atoms with E-state index in [9.17, 15) is 9.90 Å². The smallest absolute Gasteiger partial charge is 0.872 e. The molecule has 56 valence electrons. The van der Waals surface area contributed by atoms with Gasteiger partial charge in [-0.25, -0.2) is 4.79 Å². The average Bonchev–Trinajstić information content (AvgIpc) is 1.88. The maximum absolute atomic E-state index is 10.5. The summed E-state index contributed by atoms with van der Waals surface area (Å²) in [7, 11) is 0. The van der Waals surface area contributed by atoms with E-state index in [0.29, 0.717) is 0 Å². The molecule has 0 aromatic carbocycles. The van der Waals surface area contributed by atoms with Gasteiger partial charge in [0.15, 0.2) is 0 Å². The molecule has 0 spiro atoms. The molecule has 0 N–H and O–H groups in total. The fourth-order valence-corrected chi connectivity index (χ4v) is 0.359. The van der Waals surface area contributed by atoms with Crippen LogP contribution in [0.2, 0.25) is 0 Å². The van der Waals surface area contributed by atoms with Crippen molar-refractivity contribution in [3.8, 4) is 0 Å². The summed E-state index contributed by atoms with van der Waals surface area (Å²) in [5, 5.41) is 10.4. The zero-order chi connectivity index (χ0) is 7.98. The van der Waals surface area contributed by atoms with Crippen molar-refractivity contribution < 1.29 is 66.0 Å². The molecule has 0 atom stereocenters. The normalized spacial score (nSPS) is 9.73. The molecule has 0 bridgehead atoms. The molecule has 4 heteroatoms. The topological polar surface area (TPSA) is 49.4 Å². The van der Waals surface area contributed by atoms with Gasteiger partial charge in [-0.2, -0.15) is 0 Å². The number of rotatable bonds is 3. The van der Waals surface area contributed by atoms with Gasteiger partial charge in [0, 0.05) is 6.08 Å². The molecule has 0 aromatic heterocycles. The van der Waals surface area contributed by atoms with Gasteiger partial charge in [0.2, 0.25) is 0 Å². The molecule has 0 amide bonds. The quantitative estimate of drug-likeness (QED) is 0.153. The Kier molecular flexibility index (Phi) is 10.8. The minimum absolute atomic E-state index is 0. The van der Waals surface area contributed by atoms with Crippen molar-refractivity contribution in [3.05, 3.63) is 24.5 Å². The predicted molar refractivity (Wildman–Crippen MR) is 34.9 cm³/mol. The van der Waals surface area contributed by atoms with E-state index in [1.807, 2.05) is 0 Å². The minimum Gasteiger partial charge on any atom is -0.872 e. The van der Waals surface area contributed by atoms with E-state index in [0.717, 1.165) is 12.2 Å².